The summed E-state index contributed by atoms with van der Waals surface area (Å²) in [6.07, 6.45) is 2.97. The quantitative estimate of drug-likeness (QED) is 0.104. The average molecular weight is 492 g/mol. The second-order valence-electron chi connectivity index (χ2n) is 7.60. The predicted octanol–water partition coefficient (Wildman–Crippen LogP) is 5.62. The lowest BCUT2D eigenvalue weighted by atomic mass is 10.2. The number of ether oxygens (including phenoxy) is 1. The topological polar surface area (TPSA) is 127 Å². The van der Waals surface area contributed by atoms with E-state index in [-0.39, 0.29) is 11.7 Å². The van der Waals surface area contributed by atoms with E-state index in [4.69, 9.17) is 9.15 Å². The molecule has 0 fully saturated rings. The molecule has 2 aromatic heterocycles. The molecule has 10 nitrogen and oxygen atoms in total. The van der Waals surface area contributed by atoms with Gasteiger partial charge in [-0.1, -0.05) is 48.5 Å². The highest BCUT2D eigenvalue weighted by molar-refractivity contribution is 5.88. The summed E-state index contributed by atoms with van der Waals surface area (Å²) in [7, 11) is 0. The predicted molar refractivity (Wildman–Crippen MR) is 141 cm³/mol. The molecule has 182 valence electrons. The molecule has 0 radical (unpaired) electrons. The third-order valence-corrected chi connectivity index (χ3v) is 4.86. The van der Waals surface area contributed by atoms with Crippen molar-refractivity contribution in [3.63, 3.8) is 0 Å². The van der Waals surface area contributed by atoms with Gasteiger partial charge in [-0.3, -0.25) is 0 Å². The number of aromatic nitrogens is 3. The number of nitrogens with one attached hydrogen (secondary N) is 3. The van der Waals surface area contributed by atoms with Gasteiger partial charge in [-0.25, -0.2) is 10.2 Å². The zero-order valence-corrected chi connectivity index (χ0v) is 19.4. The summed E-state index contributed by atoms with van der Waals surface area (Å²) in [6.45, 7) is 0. The van der Waals surface area contributed by atoms with Gasteiger partial charge in [-0.05, 0) is 54.1 Å². The lowest BCUT2D eigenvalue weighted by Gasteiger charge is -2.10. The second kappa shape index (κ2) is 11.3. The number of anilines is 5. The van der Waals surface area contributed by atoms with Crippen molar-refractivity contribution in [2.75, 3.05) is 16.1 Å². The molecule has 5 rings (SSSR count). The van der Waals surface area contributed by atoms with Gasteiger partial charge in [0.15, 0.2) is 0 Å². The first-order chi connectivity index (χ1) is 18.2. The largest absolute Gasteiger partial charge is 0.457 e. The van der Waals surface area contributed by atoms with Gasteiger partial charge in [0, 0.05) is 11.4 Å². The highest BCUT2D eigenvalue weighted by Gasteiger charge is 2.11. The molecule has 5 aromatic rings. The number of hydrogen-bond donors (Lipinski definition) is 3. The Labute approximate surface area is 212 Å². The van der Waals surface area contributed by atoms with Gasteiger partial charge >= 0.3 is 5.97 Å². The Bertz CT molecular complexity index is 1430. The molecule has 0 amide bonds. The minimum Gasteiger partial charge on any atom is -0.457 e. The van der Waals surface area contributed by atoms with Crippen molar-refractivity contribution < 1.29 is 13.9 Å². The van der Waals surface area contributed by atoms with E-state index >= 15 is 0 Å². The summed E-state index contributed by atoms with van der Waals surface area (Å²) in [5.41, 5.74) is 5.18. The van der Waals surface area contributed by atoms with Crippen molar-refractivity contribution in [2.24, 2.45) is 5.10 Å². The molecule has 3 aromatic carbocycles. The number of hydrazone groups is 1. The molecule has 2 heterocycles. The summed E-state index contributed by atoms with van der Waals surface area (Å²) >= 11 is 0. The molecule has 37 heavy (non-hydrogen) atoms. The Balaban J connectivity index is 1.31. The molecule has 0 aliphatic heterocycles. The van der Waals surface area contributed by atoms with Crippen molar-refractivity contribution in [3.05, 3.63) is 115 Å². The van der Waals surface area contributed by atoms with Gasteiger partial charge in [0.05, 0.1) is 12.5 Å². The van der Waals surface area contributed by atoms with Crippen LogP contribution in [0.25, 0.3) is 0 Å². The molecule has 0 saturated carbocycles. The van der Waals surface area contributed by atoms with Crippen LogP contribution in [-0.2, 0) is 0 Å². The Morgan fingerprint density at radius 1 is 0.757 bits per heavy atom. The zero-order chi connectivity index (χ0) is 25.3. The summed E-state index contributed by atoms with van der Waals surface area (Å²) in [6, 6.07) is 29.2. The molecule has 0 aliphatic carbocycles. The van der Waals surface area contributed by atoms with E-state index < -0.39 is 5.97 Å². The fourth-order valence-corrected chi connectivity index (χ4v) is 3.21. The van der Waals surface area contributed by atoms with Crippen LogP contribution in [0.15, 0.2) is 113 Å². The van der Waals surface area contributed by atoms with Gasteiger partial charge < -0.3 is 19.8 Å². The molecular weight excluding hydrogens is 470 g/mol. The molecule has 0 bridgehead atoms. The first-order valence-electron chi connectivity index (χ1n) is 11.3. The minimum atomic E-state index is -0.584. The number of rotatable bonds is 9. The van der Waals surface area contributed by atoms with Crippen molar-refractivity contribution >= 4 is 41.4 Å². The standard InChI is InChI=1S/C27H21N7O3/c35-24(23-15-8-16-36-23)37-22-14-7-9-19(17-22)18-28-34-27-32-25(29-20-10-3-1-4-11-20)31-26(33-27)30-21-12-5-2-6-13-21/h1-18H,(H3,29,30,31,32,33,34)/b28-18-. The van der Waals surface area contributed by atoms with Crippen molar-refractivity contribution in [2.45, 2.75) is 0 Å². The number of nitrogens with zero attached hydrogens (tertiary/aromatic N) is 4. The van der Waals surface area contributed by atoms with Gasteiger partial charge in [0.2, 0.25) is 23.6 Å². The second-order valence-corrected chi connectivity index (χ2v) is 7.60. The molecule has 0 saturated heterocycles. The minimum absolute atomic E-state index is 0.121. The van der Waals surface area contributed by atoms with Crippen LogP contribution in [0.3, 0.4) is 0 Å². The summed E-state index contributed by atoms with van der Waals surface area (Å²) in [4.78, 5) is 25.4. The smallest absolute Gasteiger partial charge is 0.379 e. The Morgan fingerprint density at radius 2 is 1.41 bits per heavy atom. The van der Waals surface area contributed by atoms with Gasteiger partial charge in [0.1, 0.15) is 5.75 Å². The molecule has 10 heteroatoms. The first kappa shape index (κ1) is 23.2. The summed E-state index contributed by atoms with van der Waals surface area (Å²) in [5, 5.41) is 10.6. The SMILES string of the molecule is O=C(Oc1cccc(/C=N\Nc2nc(Nc3ccccc3)nc(Nc3ccccc3)n2)c1)c1ccco1. The number of furan rings is 1. The number of para-hydroxylation sites is 2. The fraction of sp³-hybridized carbons (Fsp3) is 0. The molecule has 3 N–H and O–H groups in total. The van der Waals surface area contributed by atoms with Gasteiger partial charge in [0.25, 0.3) is 0 Å². The maximum Gasteiger partial charge on any atom is 0.379 e. The van der Waals surface area contributed by atoms with E-state index in [9.17, 15) is 4.79 Å². The van der Waals surface area contributed by atoms with Crippen LogP contribution >= 0.6 is 0 Å². The molecular formula is C27H21N7O3. The van der Waals surface area contributed by atoms with E-state index in [2.05, 4.69) is 36.1 Å². The van der Waals surface area contributed by atoms with Crippen molar-refractivity contribution in [1.29, 1.82) is 0 Å². The third-order valence-electron chi connectivity index (χ3n) is 4.86. The molecule has 0 unspecified atom stereocenters. The van der Waals surface area contributed by atoms with Crippen LogP contribution in [0, 0.1) is 0 Å². The number of esters is 1. The molecule has 0 spiro atoms. The van der Waals surface area contributed by atoms with Gasteiger partial charge in [-0.15, -0.1) is 0 Å². The lowest BCUT2D eigenvalue weighted by Crippen LogP contribution is -2.07. The van der Waals surface area contributed by atoms with Crippen LogP contribution in [0.1, 0.15) is 16.1 Å². The number of benzene rings is 3. The molecule has 0 aliphatic rings. The lowest BCUT2D eigenvalue weighted by molar-refractivity contribution is 0.0701. The van der Waals surface area contributed by atoms with E-state index in [0.29, 0.717) is 23.2 Å². The Morgan fingerprint density at radius 3 is 2.03 bits per heavy atom. The highest BCUT2D eigenvalue weighted by Crippen LogP contribution is 2.19. The normalized spacial score (nSPS) is 10.7. The highest BCUT2D eigenvalue weighted by atomic mass is 16.5. The zero-order valence-electron chi connectivity index (χ0n) is 19.4. The Kier molecular flexibility index (Phi) is 7.08. The number of carbonyl (C=O) groups excluding carboxylic acids is 1. The van der Waals surface area contributed by atoms with Crippen LogP contribution in [0.2, 0.25) is 0 Å². The van der Waals surface area contributed by atoms with Crippen LogP contribution in [0.4, 0.5) is 29.2 Å². The third kappa shape index (κ3) is 6.55. The van der Waals surface area contributed by atoms with Crippen LogP contribution < -0.4 is 20.8 Å². The summed E-state index contributed by atoms with van der Waals surface area (Å²) < 4.78 is 10.4. The van der Waals surface area contributed by atoms with Crippen LogP contribution in [-0.4, -0.2) is 27.1 Å². The number of hydrogen-bond acceptors (Lipinski definition) is 10. The average Bonchev–Trinajstić information content (AvgIpc) is 3.46. The maximum absolute atomic E-state index is 12.1. The van der Waals surface area contributed by atoms with Crippen molar-refractivity contribution in [3.8, 4) is 5.75 Å². The number of carbonyl (C=O) groups is 1. The van der Waals surface area contributed by atoms with Crippen LogP contribution in [0.5, 0.6) is 5.75 Å². The fourth-order valence-electron chi connectivity index (χ4n) is 3.21. The Hall–Kier alpha value is -5.51. The first-order valence-corrected chi connectivity index (χ1v) is 11.3. The van der Waals surface area contributed by atoms with E-state index in [1.807, 2.05) is 66.7 Å². The van der Waals surface area contributed by atoms with E-state index in [1.54, 1.807) is 30.5 Å². The van der Waals surface area contributed by atoms with E-state index in [0.717, 1.165) is 11.4 Å². The van der Waals surface area contributed by atoms with Crippen molar-refractivity contribution in [1.82, 2.24) is 15.0 Å². The molecule has 0 atom stereocenters. The summed E-state index contributed by atoms with van der Waals surface area (Å²) in [5.74, 6) is 0.792. The monoisotopic (exact) mass is 491 g/mol. The van der Waals surface area contributed by atoms with Gasteiger partial charge in [-0.2, -0.15) is 20.1 Å². The van der Waals surface area contributed by atoms with E-state index in [1.165, 1.54) is 12.3 Å². The maximum atomic E-state index is 12.1.